The van der Waals surface area contributed by atoms with E-state index in [0.29, 0.717) is 32.2 Å². The Labute approximate surface area is 161 Å². The Morgan fingerprint density at radius 3 is 2.52 bits per heavy atom. The summed E-state index contributed by atoms with van der Waals surface area (Å²) in [5.41, 5.74) is 0. The number of rotatable bonds is 10. The van der Waals surface area contributed by atoms with E-state index in [2.05, 4.69) is 38.5 Å². The monoisotopic (exact) mass is 392 g/mol. The van der Waals surface area contributed by atoms with Gasteiger partial charge in [-0.3, -0.25) is 4.99 Å². The third kappa shape index (κ3) is 7.44. The zero-order valence-corrected chi connectivity index (χ0v) is 16.7. The van der Waals surface area contributed by atoms with Crippen LogP contribution in [0.3, 0.4) is 0 Å². The fourth-order valence-electron chi connectivity index (χ4n) is 2.44. The molecule has 7 nitrogen and oxygen atoms in total. The molecule has 0 amide bonds. The number of benzene rings is 2. The molecule has 0 aliphatic heterocycles. The molecule has 0 fully saturated rings. The summed E-state index contributed by atoms with van der Waals surface area (Å²) in [6.45, 7) is 3.69. The molecule has 0 aliphatic rings. The molecule has 3 N–H and O–H groups in total. The van der Waals surface area contributed by atoms with Gasteiger partial charge in [-0.15, -0.1) is 0 Å². The summed E-state index contributed by atoms with van der Waals surface area (Å²) in [5.74, 6) is 1.58. The molecule has 2 aromatic rings. The highest BCUT2D eigenvalue weighted by Crippen LogP contribution is 2.20. The SMILES string of the molecule is CCS(=O)(=O)NCCNC(=NC)NCCCOc1ccc2ccccc2c1. The predicted molar refractivity (Wildman–Crippen MR) is 111 cm³/mol. The maximum Gasteiger partial charge on any atom is 0.211 e. The molecule has 0 saturated carbocycles. The predicted octanol–water partition coefficient (Wildman–Crippen LogP) is 1.71. The minimum atomic E-state index is -3.16. The molecule has 0 spiro atoms. The van der Waals surface area contributed by atoms with E-state index < -0.39 is 10.0 Å². The number of aliphatic imine (C=N–C) groups is 1. The van der Waals surface area contributed by atoms with E-state index in [4.69, 9.17) is 4.74 Å². The van der Waals surface area contributed by atoms with E-state index in [1.165, 1.54) is 5.39 Å². The van der Waals surface area contributed by atoms with Gasteiger partial charge < -0.3 is 15.4 Å². The standard InChI is InChI=1S/C19H28N4O3S/c1-3-27(24,25)23-13-12-22-19(20-2)21-11-6-14-26-18-10-9-16-7-4-5-8-17(16)15-18/h4-5,7-10,15,23H,3,6,11-14H2,1-2H3,(H2,20,21,22). The average molecular weight is 393 g/mol. The van der Waals surface area contributed by atoms with Gasteiger partial charge in [0, 0.05) is 26.7 Å². The van der Waals surface area contributed by atoms with Crippen LogP contribution in [0.1, 0.15) is 13.3 Å². The molecule has 2 rings (SSSR count). The minimum Gasteiger partial charge on any atom is -0.494 e. The average Bonchev–Trinajstić information content (AvgIpc) is 2.69. The first-order chi connectivity index (χ1) is 13.0. The lowest BCUT2D eigenvalue weighted by molar-refractivity contribution is 0.311. The first-order valence-electron chi connectivity index (χ1n) is 9.07. The molecule has 0 atom stereocenters. The summed E-state index contributed by atoms with van der Waals surface area (Å²) in [7, 11) is -1.48. The van der Waals surface area contributed by atoms with Gasteiger partial charge in [-0.1, -0.05) is 30.3 Å². The van der Waals surface area contributed by atoms with Gasteiger partial charge in [0.25, 0.3) is 0 Å². The van der Waals surface area contributed by atoms with Crippen molar-refractivity contribution < 1.29 is 13.2 Å². The van der Waals surface area contributed by atoms with Crippen LogP contribution in [0.25, 0.3) is 10.8 Å². The smallest absolute Gasteiger partial charge is 0.211 e. The van der Waals surface area contributed by atoms with Crippen LogP contribution in [0, 0.1) is 0 Å². The van der Waals surface area contributed by atoms with Gasteiger partial charge in [-0.25, -0.2) is 13.1 Å². The fourth-order valence-corrected chi connectivity index (χ4v) is 3.05. The highest BCUT2D eigenvalue weighted by molar-refractivity contribution is 7.89. The lowest BCUT2D eigenvalue weighted by Gasteiger charge is -2.12. The Hall–Kier alpha value is -2.32. The maximum absolute atomic E-state index is 11.3. The molecule has 0 unspecified atom stereocenters. The molecule has 0 aromatic heterocycles. The van der Waals surface area contributed by atoms with Crippen molar-refractivity contribution in [2.75, 3.05) is 39.0 Å². The number of ether oxygens (including phenoxy) is 1. The normalized spacial score (nSPS) is 12.1. The number of fused-ring (bicyclic) bond motifs is 1. The molecule has 0 aliphatic carbocycles. The van der Waals surface area contributed by atoms with Crippen molar-refractivity contribution in [3.63, 3.8) is 0 Å². The Bertz CT molecular complexity index is 853. The molecule has 0 bridgehead atoms. The molecule has 27 heavy (non-hydrogen) atoms. The van der Waals surface area contributed by atoms with Crippen LogP contribution in [0.5, 0.6) is 5.75 Å². The van der Waals surface area contributed by atoms with E-state index >= 15 is 0 Å². The van der Waals surface area contributed by atoms with Crippen LogP contribution in [-0.4, -0.2) is 53.4 Å². The molecule has 2 aromatic carbocycles. The summed E-state index contributed by atoms with van der Waals surface area (Å²) in [6.07, 6.45) is 0.815. The van der Waals surface area contributed by atoms with Crippen molar-refractivity contribution >= 4 is 26.8 Å². The summed E-state index contributed by atoms with van der Waals surface area (Å²) in [4.78, 5) is 4.11. The quantitative estimate of drug-likeness (QED) is 0.325. The lowest BCUT2D eigenvalue weighted by atomic mass is 10.1. The lowest BCUT2D eigenvalue weighted by Crippen LogP contribution is -2.42. The molecule has 8 heteroatoms. The van der Waals surface area contributed by atoms with Gasteiger partial charge in [-0.2, -0.15) is 0 Å². The minimum absolute atomic E-state index is 0.0805. The van der Waals surface area contributed by atoms with E-state index in [-0.39, 0.29) is 5.75 Å². The highest BCUT2D eigenvalue weighted by atomic mass is 32.2. The molecule has 0 radical (unpaired) electrons. The van der Waals surface area contributed by atoms with Crippen molar-refractivity contribution in [2.24, 2.45) is 4.99 Å². The van der Waals surface area contributed by atoms with Crippen LogP contribution in [0.4, 0.5) is 0 Å². The van der Waals surface area contributed by atoms with Crippen molar-refractivity contribution in [3.8, 4) is 5.75 Å². The molecule has 0 saturated heterocycles. The number of hydrogen-bond acceptors (Lipinski definition) is 4. The Morgan fingerprint density at radius 1 is 1.04 bits per heavy atom. The third-order valence-corrected chi connectivity index (χ3v) is 5.35. The van der Waals surface area contributed by atoms with Crippen LogP contribution in [0.15, 0.2) is 47.5 Å². The van der Waals surface area contributed by atoms with Crippen molar-refractivity contribution in [2.45, 2.75) is 13.3 Å². The summed E-state index contributed by atoms with van der Waals surface area (Å²) in [6, 6.07) is 14.3. The molecule has 0 heterocycles. The Balaban J connectivity index is 1.63. The second-order valence-electron chi connectivity index (χ2n) is 5.93. The number of sulfonamides is 1. The van der Waals surface area contributed by atoms with Gasteiger partial charge in [0.15, 0.2) is 5.96 Å². The van der Waals surface area contributed by atoms with E-state index in [1.54, 1.807) is 14.0 Å². The van der Waals surface area contributed by atoms with Gasteiger partial charge >= 0.3 is 0 Å². The van der Waals surface area contributed by atoms with Crippen LogP contribution in [0.2, 0.25) is 0 Å². The second kappa shape index (κ2) is 10.7. The third-order valence-electron chi connectivity index (χ3n) is 3.95. The van der Waals surface area contributed by atoms with Crippen molar-refractivity contribution in [3.05, 3.63) is 42.5 Å². The first kappa shape index (κ1) is 21.0. The topological polar surface area (TPSA) is 91.8 Å². The zero-order valence-electron chi connectivity index (χ0n) is 15.9. The maximum atomic E-state index is 11.3. The highest BCUT2D eigenvalue weighted by Gasteiger charge is 2.05. The van der Waals surface area contributed by atoms with E-state index in [1.807, 2.05) is 24.3 Å². The zero-order chi connectivity index (χ0) is 19.5. The Kier molecular flexibility index (Phi) is 8.35. The van der Waals surface area contributed by atoms with Crippen molar-refractivity contribution in [1.29, 1.82) is 0 Å². The van der Waals surface area contributed by atoms with E-state index in [0.717, 1.165) is 17.6 Å². The number of hydrogen-bond donors (Lipinski definition) is 3. The van der Waals surface area contributed by atoms with Gasteiger partial charge in [0.2, 0.25) is 10.0 Å². The summed E-state index contributed by atoms with van der Waals surface area (Å²) in [5, 5.41) is 8.60. The number of nitrogens with one attached hydrogen (secondary N) is 3. The van der Waals surface area contributed by atoms with E-state index in [9.17, 15) is 8.42 Å². The van der Waals surface area contributed by atoms with Gasteiger partial charge in [0.1, 0.15) is 5.75 Å². The first-order valence-corrected chi connectivity index (χ1v) is 10.7. The largest absolute Gasteiger partial charge is 0.494 e. The molecular weight excluding hydrogens is 364 g/mol. The fraction of sp³-hybridized carbons (Fsp3) is 0.421. The van der Waals surface area contributed by atoms with Crippen molar-refractivity contribution in [1.82, 2.24) is 15.4 Å². The summed E-state index contributed by atoms with van der Waals surface area (Å²) < 4.78 is 31.0. The molecule has 148 valence electrons. The van der Waals surface area contributed by atoms with Crippen LogP contribution < -0.4 is 20.1 Å². The van der Waals surface area contributed by atoms with Gasteiger partial charge in [0.05, 0.1) is 12.4 Å². The summed E-state index contributed by atoms with van der Waals surface area (Å²) >= 11 is 0. The molecular formula is C19H28N4O3S. The number of nitrogens with zero attached hydrogens (tertiary/aromatic N) is 1. The van der Waals surface area contributed by atoms with Gasteiger partial charge in [-0.05, 0) is 36.2 Å². The van der Waals surface area contributed by atoms with Crippen LogP contribution >= 0.6 is 0 Å². The second-order valence-corrected chi connectivity index (χ2v) is 8.03. The Morgan fingerprint density at radius 2 is 1.78 bits per heavy atom. The number of guanidine groups is 1. The van der Waals surface area contributed by atoms with Crippen LogP contribution in [-0.2, 0) is 10.0 Å².